The van der Waals surface area contributed by atoms with Crippen molar-refractivity contribution in [2.45, 2.75) is 46.0 Å². The average molecular weight is 289 g/mol. The van der Waals surface area contributed by atoms with Crippen LogP contribution in [0.5, 0.6) is 0 Å². The molecule has 1 amide bonds. The summed E-state index contributed by atoms with van der Waals surface area (Å²) < 4.78 is 12.0. The van der Waals surface area contributed by atoms with Crippen LogP contribution < -0.4 is 5.32 Å². The van der Waals surface area contributed by atoms with E-state index in [0.29, 0.717) is 17.2 Å². The first kappa shape index (κ1) is 15.9. The highest BCUT2D eigenvalue weighted by Crippen LogP contribution is 2.33. The third-order valence-corrected chi connectivity index (χ3v) is 5.79. The van der Waals surface area contributed by atoms with Crippen LogP contribution in [0.4, 0.5) is 0 Å². The zero-order valence-corrected chi connectivity index (χ0v) is 12.9. The molecule has 1 N–H and O–H groups in total. The van der Waals surface area contributed by atoms with E-state index >= 15 is 0 Å². The van der Waals surface area contributed by atoms with E-state index in [1.165, 1.54) is 0 Å². The van der Waals surface area contributed by atoms with Crippen molar-refractivity contribution in [3.63, 3.8) is 0 Å². The fraction of sp³-hybridized carbons (Fsp3) is 0.769. The summed E-state index contributed by atoms with van der Waals surface area (Å²) in [5.74, 6) is 1.37. The number of hydrogen-bond donors (Lipinski definition) is 1. The SMILES string of the molecule is CCCCCNC(=O)C1=C(CCC)SCC[S+]1[O-]. The van der Waals surface area contributed by atoms with Crippen molar-refractivity contribution in [2.75, 3.05) is 18.1 Å². The summed E-state index contributed by atoms with van der Waals surface area (Å²) in [7, 11) is 0. The molecular formula is C13H23NO2S2. The van der Waals surface area contributed by atoms with Crippen LogP contribution >= 0.6 is 11.8 Å². The molecule has 0 saturated carbocycles. The Bertz CT molecular complexity index is 305. The summed E-state index contributed by atoms with van der Waals surface area (Å²) in [6.07, 6.45) is 5.12. The molecule has 1 aliphatic heterocycles. The number of rotatable bonds is 7. The predicted octanol–water partition coefficient (Wildman–Crippen LogP) is 2.80. The van der Waals surface area contributed by atoms with Crippen LogP contribution in [0.1, 0.15) is 46.0 Å². The summed E-state index contributed by atoms with van der Waals surface area (Å²) in [5, 5.41) is 2.90. The van der Waals surface area contributed by atoms with Gasteiger partial charge in [0.15, 0.2) is 0 Å². The smallest absolute Gasteiger partial charge is 0.300 e. The number of hydrogen-bond acceptors (Lipinski definition) is 3. The molecule has 0 radical (unpaired) electrons. The Morgan fingerprint density at radius 1 is 1.39 bits per heavy atom. The summed E-state index contributed by atoms with van der Waals surface area (Å²) in [6.45, 7) is 4.91. The lowest BCUT2D eigenvalue weighted by atomic mass is 10.2. The summed E-state index contributed by atoms with van der Waals surface area (Å²) >= 11 is 0.597. The molecule has 1 aliphatic rings. The van der Waals surface area contributed by atoms with Crippen molar-refractivity contribution < 1.29 is 9.35 Å². The van der Waals surface area contributed by atoms with Crippen LogP contribution in [0.3, 0.4) is 0 Å². The van der Waals surface area contributed by atoms with Crippen LogP contribution in [0.15, 0.2) is 9.81 Å². The van der Waals surface area contributed by atoms with Gasteiger partial charge in [-0.1, -0.05) is 33.1 Å². The van der Waals surface area contributed by atoms with Crippen molar-refractivity contribution in [1.82, 2.24) is 5.32 Å². The zero-order valence-electron chi connectivity index (χ0n) is 11.3. The molecule has 1 atom stereocenters. The molecule has 0 spiro atoms. The summed E-state index contributed by atoms with van der Waals surface area (Å²) in [6, 6.07) is 0. The average Bonchev–Trinajstić information content (AvgIpc) is 2.35. The Balaban J connectivity index is 2.59. The second kappa shape index (κ2) is 8.88. The van der Waals surface area contributed by atoms with E-state index in [2.05, 4.69) is 19.2 Å². The van der Waals surface area contributed by atoms with Crippen molar-refractivity contribution in [3.05, 3.63) is 9.81 Å². The van der Waals surface area contributed by atoms with Crippen molar-refractivity contribution in [2.24, 2.45) is 0 Å². The molecule has 0 bridgehead atoms. The second-order valence-corrected chi connectivity index (χ2v) is 7.06. The maximum Gasteiger partial charge on any atom is 0.300 e. The van der Waals surface area contributed by atoms with Gasteiger partial charge < -0.3 is 9.87 Å². The largest absolute Gasteiger partial charge is 0.611 e. The highest BCUT2D eigenvalue weighted by atomic mass is 32.2. The highest BCUT2D eigenvalue weighted by molar-refractivity contribution is 8.07. The normalized spacial score (nSPS) is 20.1. The van der Waals surface area contributed by atoms with Gasteiger partial charge in [0.25, 0.3) is 5.91 Å². The standard InChI is InChI=1S/C13H23NO2S2/c1-3-5-6-8-14-13(15)12-11(7-4-2)17-9-10-18(12)16/h3-10H2,1-2H3,(H,14,15). The Hall–Kier alpha value is -0.130. The lowest BCUT2D eigenvalue weighted by Crippen LogP contribution is -2.33. The molecule has 1 rings (SSSR count). The molecule has 18 heavy (non-hydrogen) atoms. The summed E-state index contributed by atoms with van der Waals surface area (Å²) in [5.41, 5.74) is 0. The van der Waals surface area contributed by atoms with Gasteiger partial charge in [-0.2, -0.15) is 0 Å². The van der Waals surface area contributed by atoms with Crippen LogP contribution in [0.25, 0.3) is 0 Å². The van der Waals surface area contributed by atoms with Crippen molar-refractivity contribution in [3.8, 4) is 0 Å². The number of carbonyl (C=O) groups excluding carboxylic acids is 1. The fourth-order valence-corrected chi connectivity index (χ4v) is 4.89. The van der Waals surface area contributed by atoms with Gasteiger partial charge in [-0.3, -0.25) is 4.79 Å². The molecule has 104 valence electrons. The predicted molar refractivity (Wildman–Crippen MR) is 79.9 cm³/mol. The molecule has 3 nitrogen and oxygen atoms in total. The van der Waals surface area contributed by atoms with Gasteiger partial charge in [0.1, 0.15) is 5.75 Å². The molecule has 1 unspecified atom stereocenters. The van der Waals surface area contributed by atoms with Gasteiger partial charge in [0, 0.05) is 17.2 Å². The highest BCUT2D eigenvalue weighted by Gasteiger charge is 2.31. The quantitative estimate of drug-likeness (QED) is 0.579. The number of unbranched alkanes of at least 4 members (excludes halogenated alkanes) is 2. The minimum Gasteiger partial charge on any atom is -0.611 e. The first-order chi connectivity index (χ1) is 8.70. The minimum absolute atomic E-state index is 0.111. The van der Waals surface area contributed by atoms with E-state index in [9.17, 15) is 9.35 Å². The lowest BCUT2D eigenvalue weighted by Gasteiger charge is -2.21. The topological polar surface area (TPSA) is 52.2 Å². The van der Waals surface area contributed by atoms with Gasteiger partial charge in [-0.15, -0.1) is 11.8 Å². The maximum atomic E-state index is 12.1. The van der Waals surface area contributed by atoms with Crippen LogP contribution in [0.2, 0.25) is 0 Å². The lowest BCUT2D eigenvalue weighted by molar-refractivity contribution is -0.116. The first-order valence-electron chi connectivity index (χ1n) is 6.73. The third-order valence-electron chi connectivity index (χ3n) is 2.78. The number of amides is 1. The Morgan fingerprint density at radius 3 is 2.83 bits per heavy atom. The van der Waals surface area contributed by atoms with Crippen LogP contribution in [0, 0.1) is 0 Å². The van der Waals surface area contributed by atoms with Gasteiger partial charge in [0.2, 0.25) is 4.91 Å². The van der Waals surface area contributed by atoms with Gasteiger partial charge >= 0.3 is 0 Å². The third kappa shape index (κ3) is 4.86. The Kier molecular flexibility index (Phi) is 7.86. The van der Waals surface area contributed by atoms with E-state index in [1.54, 1.807) is 11.8 Å². The van der Waals surface area contributed by atoms with E-state index in [1.807, 2.05) is 0 Å². The number of thioether (sulfide) groups is 1. The maximum absolute atomic E-state index is 12.1. The van der Waals surface area contributed by atoms with E-state index in [4.69, 9.17) is 0 Å². The van der Waals surface area contributed by atoms with Gasteiger partial charge in [0.05, 0.1) is 0 Å². The molecule has 0 aliphatic carbocycles. The number of nitrogens with one attached hydrogen (secondary N) is 1. The van der Waals surface area contributed by atoms with Crippen molar-refractivity contribution in [1.29, 1.82) is 0 Å². The molecule has 0 aromatic carbocycles. The molecule has 1 heterocycles. The minimum atomic E-state index is -1.10. The van der Waals surface area contributed by atoms with Crippen LogP contribution in [-0.4, -0.2) is 28.5 Å². The number of allylic oxidation sites excluding steroid dienone is 1. The molecule has 0 fully saturated rings. The van der Waals surface area contributed by atoms with E-state index in [-0.39, 0.29) is 5.91 Å². The molecule has 0 aromatic heterocycles. The number of carbonyl (C=O) groups is 1. The van der Waals surface area contributed by atoms with E-state index in [0.717, 1.165) is 42.8 Å². The Morgan fingerprint density at radius 2 is 2.17 bits per heavy atom. The van der Waals surface area contributed by atoms with Crippen LogP contribution in [-0.2, 0) is 16.0 Å². The fourth-order valence-electron chi connectivity index (χ4n) is 1.84. The molecular weight excluding hydrogens is 266 g/mol. The van der Waals surface area contributed by atoms with Crippen molar-refractivity contribution >= 4 is 28.8 Å². The zero-order chi connectivity index (χ0) is 13.4. The summed E-state index contributed by atoms with van der Waals surface area (Å²) in [4.78, 5) is 13.7. The molecule has 0 aromatic rings. The molecule has 0 saturated heterocycles. The second-order valence-electron chi connectivity index (χ2n) is 4.36. The van der Waals surface area contributed by atoms with E-state index < -0.39 is 11.2 Å². The monoisotopic (exact) mass is 289 g/mol. The van der Waals surface area contributed by atoms with Gasteiger partial charge in [-0.25, -0.2) is 0 Å². The molecule has 5 heteroatoms. The Labute approximate surface area is 117 Å². The first-order valence-corrected chi connectivity index (χ1v) is 9.03. The van der Waals surface area contributed by atoms with Gasteiger partial charge in [-0.05, 0) is 24.0 Å².